The van der Waals surface area contributed by atoms with E-state index in [4.69, 9.17) is 14.2 Å². The highest BCUT2D eigenvalue weighted by Crippen LogP contribution is 2.19. The molecule has 38 heavy (non-hydrogen) atoms. The van der Waals surface area contributed by atoms with Crippen LogP contribution in [0.4, 0.5) is 4.39 Å². The summed E-state index contributed by atoms with van der Waals surface area (Å²) in [6.07, 6.45) is 13.4. The zero-order valence-corrected chi connectivity index (χ0v) is 23.2. The lowest BCUT2D eigenvalue weighted by Crippen LogP contribution is -2.14. The number of unbranched alkanes of at least 4 members (excludes halogenated alkanes) is 11. The Balaban J connectivity index is 1.69. The van der Waals surface area contributed by atoms with Crippen LogP contribution in [0, 0.1) is 0 Å². The second kappa shape index (κ2) is 19.2. The normalized spacial score (nSPS) is 11.7. The number of ether oxygens (including phenoxy) is 3. The van der Waals surface area contributed by atoms with Crippen LogP contribution in [-0.2, 0) is 4.74 Å². The van der Waals surface area contributed by atoms with Crippen LogP contribution >= 0.6 is 0 Å². The van der Waals surface area contributed by atoms with Gasteiger partial charge in [0.25, 0.3) is 0 Å². The summed E-state index contributed by atoms with van der Waals surface area (Å²) in [5, 5.41) is 0. The summed E-state index contributed by atoms with van der Waals surface area (Å²) >= 11 is 0. The molecule has 0 bridgehead atoms. The van der Waals surface area contributed by atoms with E-state index in [-0.39, 0.29) is 17.7 Å². The third kappa shape index (κ3) is 13.1. The molecule has 0 aromatic heterocycles. The van der Waals surface area contributed by atoms with E-state index in [9.17, 15) is 14.0 Å². The summed E-state index contributed by atoms with van der Waals surface area (Å²) in [4.78, 5) is 24.7. The molecule has 0 spiro atoms. The van der Waals surface area contributed by atoms with Gasteiger partial charge in [-0.15, -0.1) is 0 Å². The third-order valence-corrected chi connectivity index (χ3v) is 6.43. The summed E-state index contributed by atoms with van der Waals surface area (Å²) in [6.45, 7) is 5.04. The van der Waals surface area contributed by atoms with E-state index in [1.807, 2.05) is 0 Å². The van der Waals surface area contributed by atoms with Gasteiger partial charge in [0.15, 0.2) is 0 Å². The summed E-state index contributed by atoms with van der Waals surface area (Å²) in [5.74, 6) is -0.234. The highest BCUT2D eigenvalue weighted by molar-refractivity contribution is 5.92. The third-order valence-electron chi connectivity index (χ3n) is 6.43. The second-order valence-corrected chi connectivity index (χ2v) is 9.78. The lowest BCUT2D eigenvalue weighted by Gasteiger charge is -2.11. The van der Waals surface area contributed by atoms with Crippen LogP contribution in [-0.4, -0.2) is 24.9 Å². The van der Waals surface area contributed by atoms with E-state index in [0.717, 1.165) is 31.4 Å². The Morgan fingerprint density at radius 2 is 1.11 bits per heavy atom. The number of carbonyl (C=O) groups is 2. The SMILES string of the molecule is CCCCCCCCCC(F)OC(=O)c1ccc(OC(=O)c2ccc(OCCCCCCCC)cc2)cc1. The van der Waals surface area contributed by atoms with Crippen LogP contribution in [0.1, 0.15) is 124 Å². The molecule has 0 radical (unpaired) electrons. The van der Waals surface area contributed by atoms with Crippen LogP contribution in [0.15, 0.2) is 48.5 Å². The lowest BCUT2D eigenvalue weighted by atomic mass is 10.1. The van der Waals surface area contributed by atoms with Crippen LogP contribution in [0.2, 0.25) is 0 Å². The number of carbonyl (C=O) groups excluding carboxylic acids is 2. The second-order valence-electron chi connectivity index (χ2n) is 9.78. The van der Waals surface area contributed by atoms with Crippen molar-refractivity contribution in [2.45, 2.75) is 110 Å². The monoisotopic (exact) mass is 528 g/mol. The Kier molecular flexibility index (Phi) is 15.8. The van der Waals surface area contributed by atoms with Crippen molar-refractivity contribution in [2.75, 3.05) is 6.61 Å². The van der Waals surface area contributed by atoms with Crippen molar-refractivity contribution >= 4 is 11.9 Å². The van der Waals surface area contributed by atoms with E-state index in [1.165, 1.54) is 75.6 Å². The number of hydrogen-bond donors (Lipinski definition) is 0. The van der Waals surface area contributed by atoms with Gasteiger partial charge in [-0.25, -0.2) is 14.0 Å². The molecule has 210 valence electrons. The summed E-state index contributed by atoms with van der Waals surface area (Å²) in [5.41, 5.74) is 0.602. The molecule has 0 aliphatic heterocycles. The van der Waals surface area contributed by atoms with Crippen molar-refractivity contribution in [1.82, 2.24) is 0 Å². The Morgan fingerprint density at radius 1 is 0.632 bits per heavy atom. The van der Waals surface area contributed by atoms with Gasteiger partial charge in [0, 0.05) is 6.42 Å². The molecule has 0 aliphatic carbocycles. The van der Waals surface area contributed by atoms with Gasteiger partial charge in [-0.2, -0.15) is 0 Å². The highest BCUT2D eigenvalue weighted by Gasteiger charge is 2.15. The molecular weight excluding hydrogens is 483 g/mol. The first-order chi connectivity index (χ1) is 18.5. The zero-order valence-electron chi connectivity index (χ0n) is 23.2. The van der Waals surface area contributed by atoms with E-state index >= 15 is 0 Å². The van der Waals surface area contributed by atoms with E-state index in [1.54, 1.807) is 24.3 Å². The first-order valence-corrected chi connectivity index (χ1v) is 14.4. The molecule has 0 saturated carbocycles. The number of hydrogen-bond acceptors (Lipinski definition) is 5. The molecule has 0 heterocycles. The molecule has 2 rings (SSSR count). The molecule has 6 heteroatoms. The van der Waals surface area contributed by atoms with Gasteiger partial charge in [0.2, 0.25) is 6.36 Å². The van der Waals surface area contributed by atoms with Crippen molar-refractivity contribution in [1.29, 1.82) is 0 Å². The maximum Gasteiger partial charge on any atom is 0.343 e. The fourth-order valence-corrected chi connectivity index (χ4v) is 4.09. The number of alkyl halides is 1. The predicted octanol–water partition coefficient (Wildman–Crippen LogP) is 9.24. The first-order valence-electron chi connectivity index (χ1n) is 14.4. The minimum atomic E-state index is -1.62. The van der Waals surface area contributed by atoms with E-state index < -0.39 is 18.3 Å². The molecule has 0 saturated heterocycles. The average Bonchev–Trinajstić information content (AvgIpc) is 2.92. The molecule has 0 fully saturated rings. The van der Waals surface area contributed by atoms with Crippen molar-refractivity contribution in [3.05, 3.63) is 59.7 Å². The van der Waals surface area contributed by atoms with Crippen molar-refractivity contribution in [3.63, 3.8) is 0 Å². The Bertz CT molecular complexity index is 910. The lowest BCUT2D eigenvalue weighted by molar-refractivity contribution is -0.0195. The summed E-state index contributed by atoms with van der Waals surface area (Å²) in [6, 6.07) is 12.8. The summed E-state index contributed by atoms with van der Waals surface area (Å²) in [7, 11) is 0. The summed E-state index contributed by atoms with van der Waals surface area (Å²) < 4.78 is 30.1. The maximum atomic E-state index is 14.1. The highest BCUT2D eigenvalue weighted by atomic mass is 19.1. The standard InChI is InChI=1S/C32H45FO5/c1-3-5-7-9-11-12-14-16-30(33)38-32(35)27-19-23-29(24-20-27)37-31(34)26-17-21-28(22-18-26)36-25-15-13-10-8-6-4-2/h17-24,30H,3-16,25H2,1-2H3. The number of esters is 2. The fraction of sp³-hybridized carbons (Fsp3) is 0.562. The van der Waals surface area contributed by atoms with Crippen molar-refractivity contribution in [2.24, 2.45) is 0 Å². The van der Waals surface area contributed by atoms with E-state index in [2.05, 4.69) is 13.8 Å². The number of rotatable bonds is 20. The maximum absolute atomic E-state index is 14.1. The Hall–Kier alpha value is -2.89. The van der Waals surface area contributed by atoms with Crippen LogP contribution in [0.5, 0.6) is 11.5 Å². The van der Waals surface area contributed by atoms with Gasteiger partial charge < -0.3 is 14.2 Å². The van der Waals surface area contributed by atoms with E-state index in [0.29, 0.717) is 18.6 Å². The predicted molar refractivity (Wildman–Crippen MR) is 150 cm³/mol. The first kappa shape index (κ1) is 31.3. The number of benzene rings is 2. The average molecular weight is 529 g/mol. The van der Waals surface area contributed by atoms with Gasteiger partial charge in [0.1, 0.15) is 11.5 Å². The minimum Gasteiger partial charge on any atom is -0.494 e. The Labute approximate surface area is 228 Å². The van der Waals surface area contributed by atoms with Gasteiger partial charge in [0.05, 0.1) is 17.7 Å². The van der Waals surface area contributed by atoms with Crippen molar-refractivity contribution < 1.29 is 28.2 Å². The quantitative estimate of drug-likeness (QED) is 0.0973. The molecule has 0 aliphatic rings. The largest absolute Gasteiger partial charge is 0.494 e. The van der Waals surface area contributed by atoms with Gasteiger partial charge in [-0.3, -0.25) is 0 Å². The fourth-order valence-electron chi connectivity index (χ4n) is 4.09. The minimum absolute atomic E-state index is 0.206. The van der Waals surface area contributed by atoms with Gasteiger partial charge in [-0.1, -0.05) is 84.5 Å². The molecule has 5 nitrogen and oxygen atoms in total. The molecular formula is C32H45FO5. The van der Waals surface area contributed by atoms with Crippen molar-refractivity contribution in [3.8, 4) is 11.5 Å². The smallest absolute Gasteiger partial charge is 0.343 e. The molecule has 1 unspecified atom stereocenters. The molecule has 0 amide bonds. The molecule has 2 aromatic rings. The molecule has 1 atom stereocenters. The van der Waals surface area contributed by atoms with Crippen LogP contribution < -0.4 is 9.47 Å². The Morgan fingerprint density at radius 3 is 1.68 bits per heavy atom. The molecule has 2 aromatic carbocycles. The zero-order chi connectivity index (χ0) is 27.4. The molecule has 0 N–H and O–H groups in total. The van der Waals surface area contributed by atoms with Gasteiger partial charge in [-0.05, 0) is 61.4 Å². The van der Waals surface area contributed by atoms with Crippen LogP contribution in [0.25, 0.3) is 0 Å². The topological polar surface area (TPSA) is 61.8 Å². The number of halogens is 1. The van der Waals surface area contributed by atoms with Crippen LogP contribution in [0.3, 0.4) is 0 Å². The van der Waals surface area contributed by atoms with Gasteiger partial charge >= 0.3 is 11.9 Å².